The minimum atomic E-state index is 0.0735. The Hall–Kier alpha value is -0.650. The van der Waals surface area contributed by atoms with Crippen LogP contribution in [0.15, 0.2) is 0 Å². The Morgan fingerprint density at radius 1 is 1.26 bits per heavy atom. The quantitative estimate of drug-likeness (QED) is 0.584. The highest BCUT2D eigenvalue weighted by Crippen LogP contribution is 2.07. The molecule has 0 radical (unpaired) electrons. The zero-order valence-electron chi connectivity index (χ0n) is 12.1. The SMILES string of the molecule is CCCOCCCNC(=O)CCOC1CCNCC1. The minimum absolute atomic E-state index is 0.0735. The molecule has 0 bridgehead atoms. The molecule has 1 heterocycles. The lowest BCUT2D eigenvalue weighted by atomic mass is 10.1. The lowest BCUT2D eigenvalue weighted by molar-refractivity contribution is -0.122. The smallest absolute Gasteiger partial charge is 0.222 e. The number of hydrogen-bond acceptors (Lipinski definition) is 4. The van der Waals surface area contributed by atoms with Crippen molar-refractivity contribution < 1.29 is 14.3 Å². The molecule has 1 aliphatic heterocycles. The summed E-state index contributed by atoms with van der Waals surface area (Å²) in [5, 5.41) is 6.18. The van der Waals surface area contributed by atoms with E-state index in [1.165, 1.54) is 0 Å². The van der Waals surface area contributed by atoms with Gasteiger partial charge in [0.25, 0.3) is 0 Å². The largest absolute Gasteiger partial charge is 0.381 e. The van der Waals surface area contributed by atoms with Gasteiger partial charge >= 0.3 is 0 Å². The Balaban J connectivity index is 1.87. The molecule has 5 nitrogen and oxygen atoms in total. The number of carbonyl (C=O) groups is 1. The minimum Gasteiger partial charge on any atom is -0.381 e. The number of hydrogen-bond donors (Lipinski definition) is 2. The lowest BCUT2D eigenvalue weighted by Crippen LogP contribution is -2.33. The number of piperidine rings is 1. The standard InChI is InChI=1S/C14H28N2O3/c1-2-10-18-11-3-7-16-14(17)6-12-19-13-4-8-15-9-5-13/h13,15H,2-12H2,1H3,(H,16,17). The maximum absolute atomic E-state index is 11.5. The van der Waals surface area contributed by atoms with Crippen LogP contribution in [0.5, 0.6) is 0 Å². The zero-order chi connectivity index (χ0) is 13.8. The predicted molar refractivity (Wildman–Crippen MR) is 75.2 cm³/mol. The lowest BCUT2D eigenvalue weighted by Gasteiger charge is -2.22. The number of amides is 1. The van der Waals surface area contributed by atoms with Crippen molar-refractivity contribution in [3.05, 3.63) is 0 Å². The Kier molecular flexibility index (Phi) is 9.67. The van der Waals surface area contributed by atoms with E-state index in [2.05, 4.69) is 17.6 Å². The highest BCUT2D eigenvalue weighted by Gasteiger charge is 2.13. The Morgan fingerprint density at radius 2 is 2.05 bits per heavy atom. The summed E-state index contributed by atoms with van der Waals surface area (Å²) in [6, 6.07) is 0. The summed E-state index contributed by atoms with van der Waals surface area (Å²) in [4.78, 5) is 11.5. The highest BCUT2D eigenvalue weighted by molar-refractivity contribution is 5.75. The molecule has 0 atom stereocenters. The molecule has 2 N–H and O–H groups in total. The van der Waals surface area contributed by atoms with Crippen LogP contribution in [-0.4, -0.2) is 51.5 Å². The summed E-state index contributed by atoms with van der Waals surface area (Å²) in [6.45, 7) is 6.88. The molecule has 1 rings (SSSR count). The monoisotopic (exact) mass is 272 g/mol. The molecular weight excluding hydrogens is 244 g/mol. The van der Waals surface area contributed by atoms with Crippen LogP contribution in [0, 0.1) is 0 Å². The van der Waals surface area contributed by atoms with Crippen molar-refractivity contribution in [1.82, 2.24) is 10.6 Å². The fourth-order valence-corrected chi connectivity index (χ4v) is 2.02. The van der Waals surface area contributed by atoms with Crippen molar-refractivity contribution in [2.75, 3.05) is 39.5 Å². The van der Waals surface area contributed by atoms with E-state index in [0.717, 1.165) is 52.0 Å². The fraction of sp³-hybridized carbons (Fsp3) is 0.929. The van der Waals surface area contributed by atoms with Crippen LogP contribution < -0.4 is 10.6 Å². The van der Waals surface area contributed by atoms with E-state index in [4.69, 9.17) is 9.47 Å². The number of carbonyl (C=O) groups excluding carboxylic acids is 1. The molecule has 1 amide bonds. The third-order valence-electron chi connectivity index (χ3n) is 3.10. The van der Waals surface area contributed by atoms with Crippen LogP contribution >= 0.6 is 0 Å². The van der Waals surface area contributed by atoms with Crippen LogP contribution in [0.2, 0.25) is 0 Å². The average Bonchev–Trinajstić information content (AvgIpc) is 2.44. The number of rotatable bonds is 10. The molecule has 0 aliphatic carbocycles. The molecule has 5 heteroatoms. The molecule has 19 heavy (non-hydrogen) atoms. The van der Waals surface area contributed by atoms with Crippen molar-refractivity contribution in [2.45, 2.75) is 45.1 Å². The molecule has 1 saturated heterocycles. The van der Waals surface area contributed by atoms with Gasteiger partial charge in [0.2, 0.25) is 5.91 Å². The molecule has 0 aromatic rings. The molecule has 0 spiro atoms. The molecule has 112 valence electrons. The van der Waals surface area contributed by atoms with Crippen molar-refractivity contribution in [3.63, 3.8) is 0 Å². The van der Waals surface area contributed by atoms with Gasteiger partial charge < -0.3 is 20.1 Å². The van der Waals surface area contributed by atoms with Gasteiger partial charge in [-0.15, -0.1) is 0 Å². The van der Waals surface area contributed by atoms with Gasteiger partial charge in [0.15, 0.2) is 0 Å². The summed E-state index contributed by atoms with van der Waals surface area (Å²) in [7, 11) is 0. The highest BCUT2D eigenvalue weighted by atomic mass is 16.5. The number of nitrogens with one attached hydrogen (secondary N) is 2. The van der Waals surface area contributed by atoms with E-state index in [1.54, 1.807) is 0 Å². The molecule has 0 unspecified atom stereocenters. The summed E-state index contributed by atoms with van der Waals surface area (Å²) in [6.07, 6.45) is 4.81. The van der Waals surface area contributed by atoms with Gasteiger partial charge in [-0.25, -0.2) is 0 Å². The van der Waals surface area contributed by atoms with Crippen molar-refractivity contribution in [3.8, 4) is 0 Å². The first-order valence-corrected chi connectivity index (χ1v) is 7.49. The summed E-state index contributed by atoms with van der Waals surface area (Å²) >= 11 is 0. The molecule has 1 aliphatic rings. The first kappa shape index (κ1) is 16.4. The molecular formula is C14H28N2O3. The fourth-order valence-electron chi connectivity index (χ4n) is 2.02. The maximum atomic E-state index is 11.5. The summed E-state index contributed by atoms with van der Waals surface area (Å²) in [5.74, 6) is 0.0735. The van der Waals surface area contributed by atoms with Gasteiger partial charge in [0, 0.05) is 26.2 Å². The van der Waals surface area contributed by atoms with Gasteiger partial charge in [0.1, 0.15) is 0 Å². The first-order valence-electron chi connectivity index (χ1n) is 7.49. The van der Waals surface area contributed by atoms with Gasteiger partial charge in [0.05, 0.1) is 12.7 Å². The first-order chi connectivity index (χ1) is 9.33. The van der Waals surface area contributed by atoms with Crippen LogP contribution in [0.25, 0.3) is 0 Å². The van der Waals surface area contributed by atoms with Gasteiger partial charge in [-0.1, -0.05) is 6.92 Å². The van der Waals surface area contributed by atoms with Gasteiger partial charge in [-0.3, -0.25) is 4.79 Å². The van der Waals surface area contributed by atoms with Crippen LogP contribution in [0.3, 0.4) is 0 Å². The third-order valence-corrected chi connectivity index (χ3v) is 3.10. The second kappa shape index (κ2) is 11.2. The van der Waals surface area contributed by atoms with Gasteiger partial charge in [-0.2, -0.15) is 0 Å². The van der Waals surface area contributed by atoms with Gasteiger partial charge in [-0.05, 0) is 38.8 Å². The Morgan fingerprint density at radius 3 is 2.79 bits per heavy atom. The molecule has 0 aromatic carbocycles. The topological polar surface area (TPSA) is 59.6 Å². The van der Waals surface area contributed by atoms with Crippen molar-refractivity contribution >= 4 is 5.91 Å². The van der Waals surface area contributed by atoms with E-state index in [1.807, 2.05) is 0 Å². The second-order valence-electron chi connectivity index (χ2n) is 4.89. The van der Waals surface area contributed by atoms with Crippen LogP contribution in [-0.2, 0) is 14.3 Å². The van der Waals surface area contributed by atoms with Crippen LogP contribution in [0.1, 0.15) is 39.0 Å². The normalized spacial score (nSPS) is 16.5. The third kappa shape index (κ3) is 8.97. The maximum Gasteiger partial charge on any atom is 0.222 e. The second-order valence-corrected chi connectivity index (χ2v) is 4.89. The van der Waals surface area contributed by atoms with Crippen molar-refractivity contribution in [2.24, 2.45) is 0 Å². The van der Waals surface area contributed by atoms with E-state index in [9.17, 15) is 4.79 Å². The van der Waals surface area contributed by atoms with E-state index in [0.29, 0.717) is 25.7 Å². The van der Waals surface area contributed by atoms with E-state index >= 15 is 0 Å². The summed E-state index contributed by atoms with van der Waals surface area (Å²) in [5.41, 5.74) is 0. The number of ether oxygens (including phenoxy) is 2. The predicted octanol–water partition coefficient (Wildman–Crippen LogP) is 1.08. The average molecular weight is 272 g/mol. The summed E-state index contributed by atoms with van der Waals surface area (Å²) < 4.78 is 11.0. The van der Waals surface area contributed by atoms with Crippen molar-refractivity contribution in [1.29, 1.82) is 0 Å². The van der Waals surface area contributed by atoms with Crippen LogP contribution in [0.4, 0.5) is 0 Å². The Bertz CT molecular complexity index is 231. The molecule has 0 saturated carbocycles. The van der Waals surface area contributed by atoms with E-state index in [-0.39, 0.29) is 5.91 Å². The Labute approximate surface area is 116 Å². The molecule has 0 aromatic heterocycles. The molecule has 1 fully saturated rings. The van der Waals surface area contributed by atoms with E-state index < -0.39 is 0 Å². The zero-order valence-corrected chi connectivity index (χ0v) is 12.1.